The van der Waals surface area contributed by atoms with Crippen LogP contribution in [-0.4, -0.2) is 49.4 Å². The Kier molecular flexibility index (Phi) is 13.7. The van der Waals surface area contributed by atoms with Crippen LogP contribution in [0.4, 0.5) is 4.79 Å². The number of amides is 3. The Labute approximate surface area is 166 Å². The van der Waals surface area contributed by atoms with Gasteiger partial charge in [-0.05, 0) is 38.4 Å². The number of carbonyl (C=O) groups excluding carboxylic acids is 3. The summed E-state index contributed by atoms with van der Waals surface area (Å²) in [5.74, 6) is -0.234. The molecule has 0 fully saturated rings. The van der Waals surface area contributed by atoms with Crippen LogP contribution >= 0.6 is 0 Å². The summed E-state index contributed by atoms with van der Waals surface area (Å²) in [6.45, 7) is 6.67. The summed E-state index contributed by atoms with van der Waals surface area (Å²) >= 11 is 0. The van der Waals surface area contributed by atoms with E-state index in [4.69, 9.17) is 5.73 Å². The van der Waals surface area contributed by atoms with E-state index in [0.29, 0.717) is 25.7 Å². The first kappa shape index (κ1) is 25.1. The first-order valence-electron chi connectivity index (χ1n) is 9.43. The lowest BCUT2D eigenvalue weighted by Crippen LogP contribution is -2.41. The Bertz CT molecular complexity index is 715. The summed E-state index contributed by atoms with van der Waals surface area (Å²) in [5, 5.41) is 8.94. The van der Waals surface area contributed by atoms with Crippen LogP contribution in [0, 0.1) is 6.92 Å². The summed E-state index contributed by atoms with van der Waals surface area (Å²) in [6.07, 6.45) is 3.76. The lowest BCUT2D eigenvalue weighted by atomic mass is 10.2. The number of likely N-dealkylation sites (N-methyl/N-ethyl adjacent to an activating group) is 1. The van der Waals surface area contributed by atoms with Crippen LogP contribution < -0.4 is 21.7 Å². The molecule has 1 aromatic carbocycles. The van der Waals surface area contributed by atoms with Crippen LogP contribution in [0.1, 0.15) is 32.3 Å². The van der Waals surface area contributed by atoms with Crippen molar-refractivity contribution in [2.45, 2.75) is 39.7 Å². The molecule has 0 saturated heterocycles. The molecule has 0 spiro atoms. The van der Waals surface area contributed by atoms with Crippen molar-refractivity contribution in [3.05, 3.63) is 36.0 Å². The summed E-state index contributed by atoms with van der Waals surface area (Å²) in [4.78, 5) is 35.3. The van der Waals surface area contributed by atoms with E-state index < -0.39 is 12.1 Å². The molecule has 0 bridgehead atoms. The van der Waals surface area contributed by atoms with Crippen LogP contribution in [0.2, 0.25) is 0 Å². The van der Waals surface area contributed by atoms with Gasteiger partial charge in [-0.2, -0.15) is 0 Å². The molecule has 1 aromatic heterocycles. The molecule has 3 amide bonds. The molecule has 2 aromatic rings. The first-order chi connectivity index (χ1) is 13.5. The molecule has 6 N–H and O–H groups in total. The van der Waals surface area contributed by atoms with Crippen molar-refractivity contribution in [2.75, 3.05) is 20.1 Å². The van der Waals surface area contributed by atoms with Gasteiger partial charge in [0.25, 0.3) is 0 Å². The number of aldehydes is 1. The third kappa shape index (κ3) is 10.3. The number of carbonyl (C=O) groups is 3. The van der Waals surface area contributed by atoms with Crippen LogP contribution in [0.3, 0.4) is 0 Å². The SMILES string of the molecule is CC.CNCC(=O)NC(C=O)CCCNC(N)=O.Cc1c[nH]c2ccccc12. The number of para-hydroxylation sites is 1. The van der Waals surface area contributed by atoms with Crippen LogP contribution in [0.25, 0.3) is 10.9 Å². The van der Waals surface area contributed by atoms with Gasteiger partial charge in [-0.3, -0.25) is 4.79 Å². The maximum absolute atomic E-state index is 11.1. The Morgan fingerprint density at radius 2 is 1.93 bits per heavy atom. The molecule has 8 heteroatoms. The predicted octanol–water partition coefficient (Wildman–Crippen LogP) is 1.84. The predicted molar refractivity (Wildman–Crippen MR) is 113 cm³/mol. The average molecular weight is 392 g/mol. The zero-order chi connectivity index (χ0) is 21.4. The fourth-order valence-electron chi connectivity index (χ4n) is 2.34. The third-order valence-corrected chi connectivity index (χ3v) is 3.64. The molecule has 156 valence electrons. The van der Waals surface area contributed by atoms with E-state index in [1.807, 2.05) is 26.1 Å². The minimum atomic E-state index is -0.595. The van der Waals surface area contributed by atoms with Gasteiger partial charge in [0.05, 0.1) is 12.6 Å². The van der Waals surface area contributed by atoms with Crippen molar-refractivity contribution in [1.29, 1.82) is 0 Å². The lowest BCUT2D eigenvalue weighted by molar-refractivity contribution is -0.123. The molecule has 1 atom stereocenters. The minimum absolute atomic E-state index is 0.171. The van der Waals surface area contributed by atoms with Crippen molar-refractivity contribution in [3.8, 4) is 0 Å². The molecule has 0 aliphatic heterocycles. The van der Waals surface area contributed by atoms with Gasteiger partial charge in [-0.1, -0.05) is 32.0 Å². The highest BCUT2D eigenvalue weighted by molar-refractivity contribution is 5.82. The number of aryl methyl sites for hydroxylation is 1. The smallest absolute Gasteiger partial charge is 0.312 e. The van der Waals surface area contributed by atoms with Crippen molar-refractivity contribution >= 4 is 29.1 Å². The van der Waals surface area contributed by atoms with Crippen LogP contribution in [0.5, 0.6) is 0 Å². The summed E-state index contributed by atoms with van der Waals surface area (Å²) in [5.41, 5.74) is 7.40. The Morgan fingerprint density at radius 3 is 2.50 bits per heavy atom. The number of aromatic nitrogens is 1. The molecule has 1 heterocycles. The van der Waals surface area contributed by atoms with Crippen molar-refractivity contribution in [2.24, 2.45) is 5.73 Å². The van der Waals surface area contributed by atoms with E-state index in [0.717, 1.165) is 0 Å². The molecular weight excluding hydrogens is 358 g/mol. The number of rotatable bonds is 8. The highest BCUT2D eigenvalue weighted by Gasteiger charge is 2.09. The molecule has 0 aliphatic rings. The normalized spacial score (nSPS) is 10.6. The number of nitrogens with two attached hydrogens (primary N) is 1. The second-order valence-corrected chi connectivity index (χ2v) is 5.79. The topological polar surface area (TPSA) is 129 Å². The van der Waals surface area contributed by atoms with Crippen LogP contribution in [0.15, 0.2) is 30.5 Å². The van der Waals surface area contributed by atoms with Gasteiger partial charge < -0.3 is 31.5 Å². The molecule has 2 rings (SSSR count). The monoisotopic (exact) mass is 391 g/mol. The average Bonchev–Trinajstić information content (AvgIpc) is 3.07. The molecular formula is C20H33N5O3. The van der Waals surface area contributed by atoms with E-state index in [-0.39, 0.29) is 12.5 Å². The molecule has 28 heavy (non-hydrogen) atoms. The fourth-order valence-corrected chi connectivity index (χ4v) is 2.34. The van der Waals surface area contributed by atoms with Crippen LogP contribution in [-0.2, 0) is 9.59 Å². The fraction of sp³-hybridized carbons (Fsp3) is 0.450. The molecule has 8 nitrogen and oxygen atoms in total. The van der Waals surface area contributed by atoms with E-state index in [1.54, 1.807) is 7.05 Å². The quantitative estimate of drug-likeness (QED) is 0.347. The molecule has 1 unspecified atom stereocenters. The summed E-state index contributed by atoms with van der Waals surface area (Å²) < 4.78 is 0. The summed E-state index contributed by atoms with van der Waals surface area (Å²) in [7, 11) is 1.65. The Morgan fingerprint density at radius 1 is 1.25 bits per heavy atom. The zero-order valence-electron chi connectivity index (χ0n) is 17.2. The first-order valence-corrected chi connectivity index (χ1v) is 9.43. The minimum Gasteiger partial charge on any atom is -0.361 e. The Balaban J connectivity index is 0.000000513. The van der Waals surface area contributed by atoms with Gasteiger partial charge in [-0.15, -0.1) is 0 Å². The van der Waals surface area contributed by atoms with Crippen molar-refractivity contribution < 1.29 is 14.4 Å². The zero-order valence-corrected chi connectivity index (χ0v) is 17.2. The van der Waals surface area contributed by atoms with Gasteiger partial charge in [0, 0.05) is 23.6 Å². The van der Waals surface area contributed by atoms with E-state index >= 15 is 0 Å². The van der Waals surface area contributed by atoms with Gasteiger partial charge in [0.1, 0.15) is 6.29 Å². The number of H-pyrrole nitrogens is 1. The number of benzene rings is 1. The number of aromatic amines is 1. The second-order valence-electron chi connectivity index (χ2n) is 5.79. The number of fused-ring (bicyclic) bond motifs is 1. The maximum atomic E-state index is 11.1. The number of urea groups is 1. The maximum Gasteiger partial charge on any atom is 0.312 e. The Hall–Kier alpha value is -2.87. The molecule has 0 saturated carbocycles. The number of primary amides is 1. The highest BCUT2D eigenvalue weighted by Crippen LogP contribution is 2.15. The standard InChI is InChI=1S/C9H18N4O3.C9H9N.C2H6/c1-11-5-8(15)13-7(6-14)3-2-4-12-9(10)16;1-7-6-10-9-5-3-2-4-8(7)9;1-2/h6-7,11H,2-5H2,1H3,(H,13,15)(H3,10,12,16);2-6,10H,1H3;1-2H3. The number of nitrogens with one attached hydrogen (secondary N) is 4. The lowest BCUT2D eigenvalue weighted by Gasteiger charge is -2.12. The molecule has 0 radical (unpaired) electrons. The van der Waals surface area contributed by atoms with E-state index in [2.05, 4.69) is 46.1 Å². The van der Waals surface area contributed by atoms with E-state index in [9.17, 15) is 14.4 Å². The number of hydrogen-bond donors (Lipinski definition) is 5. The largest absolute Gasteiger partial charge is 0.361 e. The third-order valence-electron chi connectivity index (χ3n) is 3.64. The highest BCUT2D eigenvalue weighted by atomic mass is 16.2. The molecule has 0 aliphatic carbocycles. The van der Waals surface area contributed by atoms with Crippen molar-refractivity contribution in [3.63, 3.8) is 0 Å². The van der Waals surface area contributed by atoms with Crippen molar-refractivity contribution in [1.82, 2.24) is 20.9 Å². The van der Waals surface area contributed by atoms with Gasteiger partial charge in [-0.25, -0.2) is 4.79 Å². The van der Waals surface area contributed by atoms with E-state index in [1.165, 1.54) is 16.5 Å². The number of hydrogen-bond acceptors (Lipinski definition) is 4. The second kappa shape index (κ2) is 15.2. The van der Waals surface area contributed by atoms with Gasteiger partial charge in [0.2, 0.25) is 5.91 Å². The summed E-state index contributed by atoms with van der Waals surface area (Å²) in [6, 6.07) is 7.20. The van der Waals surface area contributed by atoms with Gasteiger partial charge in [0.15, 0.2) is 0 Å². The van der Waals surface area contributed by atoms with Gasteiger partial charge >= 0.3 is 6.03 Å².